The van der Waals surface area contributed by atoms with Crippen molar-refractivity contribution in [3.8, 4) is 0 Å². The number of fused-ring (bicyclic) bond motifs is 1. The highest BCUT2D eigenvalue weighted by atomic mass is 79.9. The molecule has 1 aliphatic heterocycles. The van der Waals surface area contributed by atoms with Crippen LogP contribution in [0.5, 0.6) is 0 Å². The molecule has 0 bridgehead atoms. The maximum absolute atomic E-state index is 12.9. The molecule has 7 nitrogen and oxygen atoms in total. The number of anilines is 2. The molecule has 1 heterocycles. The van der Waals surface area contributed by atoms with Crippen LogP contribution < -0.4 is 10.2 Å². The van der Waals surface area contributed by atoms with E-state index < -0.39 is 18.5 Å². The fourth-order valence-electron chi connectivity index (χ4n) is 4.40. The number of halogens is 2. The summed E-state index contributed by atoms with van der Waals surface area (Å²) < 4.78 is 5.81. The molecular formula is C24H22BrClN2O5. The van der Waals surface area contributed by atoms with Crippen LogP contribution in [-0.2, 0) is 19.1 Å². The van der Waals surface area contributed by atoms with Gasteiger partial charge in [0.05, 0.1) is 28.1 Å². The van der Waals surface area contributed by atoms with Crippen molar-refractivity contribution in [3.63, 3.8) is 0 Å². The number of ether oxygens (including phenoxy) is 1. The van der Waals surface area contributed by atoms with Gasteiger partial charge in [-0.1, -0.05) is 24.6 Å². The van der Waals surface area contributed by atoms with Gasteiger partial charge in [-0.25, -0.2) is 4.79 Å². The average molecular weight is 534 g/mol. The van der Waals surface area contributed by atoms with Crippen LogP contribution in [0, 0.1) is 17.8 Å². The van der Waals surface area contributed by atoms with Crippen LogP contribution in [0.25, 0.3) is 0 Å². The van der Waals surface area contributed by atoms with Gasteiger partial charge in [0.25, 0.3) is 5.91 Å². The van der Waals surface area contributed by atoms with Crippen LogP contribution in [0.3, 0.4) is 0 Å². The zero-order valence-corrected chi connectivity index (χ0v) is 20.2. The summed E-state index contributed by atoms with van der Waals surface area (Å²) in [6, 6.07) is 11.1. The fraction of sp³-hybridized carbons (Fsp3) is 0.333. The second-order valence-electron chi connectivity index (χ2n) is 8.45. The number of nitrogens with zero attached hydrogens (tertiary/aromatic N) is 1. The molecule has 2 aromatic rings. The number of amides is 3. The van der Waals surface area contributed by atoms with Crippen LogP contribution >= 0.6 is 27.5 Å². The van der Waals surface area contributed by atoms with Gasteiger partial charge in [-0.2, -0.15) is 0 Å². The molecule has 1 N–H and O–H groups in total. The van der Waals surface area contributed by atoms with Gasteiger partial charge in [0, 0.05) is 10.2 Å². The molecule has 1 aliphatic carbocycles. The molecule has 1 saturated carbocycles. The number of benzene rings is 2. The molecule has 3 amide bonds. The second-order valence-corrected chi connectivity index (χ2v) is 9.71. The summed E-state index contributed by atoms with van der Waals surface area (Å²) >= 11 is 9.28. The van der Waals surface area contributed by atoms with Crippen LogP contribution in [0.4, 0.5) is 11.4 Å². The van der Waals surface area contributed by atoms with E-state index in [9.17, 15) is 19.2 Å². The summed E-state index contributed by atoms with van der Waals surface area (Å²) in [7, 11) is 0. The Balaban J connectivity index is 1.40. The maximum atomic E-state index is 12.9. The highest BCUT2D eigenvalue weighted by Gasteiger charge is 2.50. The van der Waals surface area contributed by atoms with Crippen molar-refractivity contribution < 1.29 is 23.9 Å². The van der Waals surface area contributed by atoms with Crippen molar-refractivity contribution in [2.75, 3.05) is 16.8 Å². The lowest BCUT2D eigenvalue weighted by Gasteiger charge is -2.25. The second kappa shape index (κ2) is 9.65. The topological polar surface area (TPSA) is 92.8 Å². The third-order valence-electron chi connectivity index (χ3n) is 6.07. The molecule has 2 aliphatic rings. The predicted molar refractivity (Wildman–Crippen MR) is 127 cm³/mol. The van der Waals surface area contributed by atoms with Crippen molar-refractivity contribution in [1.82, 2.24) is 0 Å². The quantitative estimate of drug-likeness (QED) is 0.439. The van der Waals surface area contributed by atoms with Gasteiger partial charge < -0.3 is 10.1 Å². The Morgan fingerprint density at radius 2 is 1.88 bits per heavy atom. The third kappa shape index (κ3) is 4.96. The van der Waals surface area contributed by atoms with Crippen molar-refractivity contribution in [3.05, 3.63) is 57.5 Å². The van der Waals surface area contributed by atoms with Crippen molar-refractivity contribution in [2.45, 2.75) is 26.2 Å². The summed E-state index contributed by atoms with van der Waals surface area (Å²) in [6.45, 7) is 1.59. The predicted octanol–water partition coefficient (Wildman–Crippen LogP) is 4.82. The van der Waals surface area contributed by atoms with Crippen molar-refractivity contribution >= 4 is 62.6 Å². The third-order valence-corrected chi connectivity index (χ3v) is 7.30. The Labute approximate surface area is 204 Å². The Kier molecular flexibility index (Phi) is 6.86. The summed E-state index contributed by atoms with van der Waals surface area (Å²) in [4.78, 5) is 51.7. The minimum Gasteiger partial charge on any atom is -0.452 e. The molecule has 172 valence electrons. The first-order valence-electron chi connectivity index (χ1n) is 10.6. The largest absolute Gasteiger partial charge is 0.452 e. The van der Waals surface area contributed by atoms with E-state index in [4.69, 9.17) is 16.3 Å². The fourth-order valence-corrected chi connectivity index (χ4v) is 4.83. The lowest BCUT2D eigenvalue weighted by Crippen LogP contribution is -2.31. The molecule has 3 atom stereocenters. The van der Waals surface area contributed by atoms with Gasteiger partial charge in [0.2, 0.25) is 11.8 Å². The van der Waals surface area contributed by atoms with Crippen LogP contribution in [-0.4, -0.2) is 30.3 Å². The normalized spacial score (nSPS) is 22.2. The number of esters is 1. The Morgan fingerprint density at radius 3 is 2.64 bits per heavy atom. The van der Waals surface area contributed by atoms with Crippen molar-refractivity contribution in [2.24, 2.45) is 17.8 Å². The number of carbonyl (C=O) groups excluding carboxylic acids is 4. The van der Waals surface area contributed by atoms with E-state index in [0.717, 1.165) is 6.42 Å². The summed E-state index contributed by atoms with van der Waals surface area (Å²) in [5.74, 6) is -1.87. The molecule has 1 saturated heterocycles. The number of imide groups is 1. The lowest BCUT2D eigenvalue weighted by molar-refractivity contribution is -0.122. The molecule has 4 rings (SSSR count). The van der Waals surface area contributed by atoms with Gasteiger partial charge in [0.15, 0.2) is 6.61 Å². The standard InChI is InChI=1S/C24H22BrClN2O5/c1-13-5-7-17-18(9-13)23(31)28(22(17)30)16-4-2-3-14(10-16)24(32)33-12-21(29)27-15-6-8-19(25)20(26)11-15/h2-4,6,8,10-11,13,17-18H,5,7,9,12H2,1H3,(H,27,29)/t13-,17-,18+/m1/s1. The molecule has 0 radical (unpaired) electrons. The van der Waals surface area contributed by atoms with Gasteiger partial charge in [0.1, 0.15) is 0 Å². The summed E-state index contributed by atoms with van der Waals surface area (Å²) in [6.07, 6.45) is 2.33. The Morgan fingerprint density at radius 1 is 1.12 bits per heavy atom. The van der Waals surface area contributed by atoms with Gasteiger partial charge >= 0.3 is 5.97 Å². The van der Waals surface area contributed by atoms with Crippen molar-refractivity contribution in [1.29, 1.82) is 0 Å². The number of hydrogen-bond donors (Lipinski definition) is 1. The number of carbonyl (C=O) groups is 4. The number of rotatable bonds is 5. The highest BCUT2D eigenvalue weighted by Crippen LogP contribution is 2.42. The first-order chi connectivity index (χ1) is 15.7. The molecule has 2 aromatic carbocycles. The van der Waals surface area contributed by atoms with Crippen LogP contribution in [0.15, 0.2) is 46.9 Å². The van der Waals surface area contributed by atoms with E-state index >= 15 is 0 Å². The smallest absolute Gasteiger partial charge is 0.338 e. The maximum Gasteiger partial charge on any atom is 0.338 e. The average Bonchev–Trinajstić information content (AvgIpc) is 3.04. The molecule has 0 aromatic heterocycles. The molecule has 0 unspecified atom stereocenters. The zero-order valence-electron chi connectivity index (χ0n) is 17.8. The highest BCUT2D eigenvalue weighted by molar-refractivity contribution is 9.10. The van der Waals surface area contributed by atoms with E-state index in [1.165, 1.54) is 17.0 Å². The lowest BCUT2D eigenvalue weighted by atomic mass is 9.76. The molecule has 0 spiro atoms. The first-order valence-corrected chi connectivity index (χ1v) is 11.8. The number of hydrogen-bond acceptors (Lipinski definition) is 5. The van der Waals surface area contributed by atoms with Gasteiger partial charge in [-0.3, -0.25) is 19.3 Å². The minimum absolute atomic E-state index is 0.149. The van der Waals surface area contributed by atoms with E-state index in [0.29, 0.717) is 39.6 Å². The molecule has 33 heavy (non-hydrogen) atoms. The first kappa shape index (κ1) is 23.4. The van der Waals surface area contributed by atoms with E-state index in [1.807, 2.05) is 0 Å². The summed E-state index contributed by atoms with van der Waals surface area (Å²) in [5.41, 5.74) is 0.958. The number of nitrogens with one attached hydrogen (secondary N) is 1. The molecular weight excluding hydrogens is 512 g/mol. The zero-order chi connectivity index (χ0) is 23.7. The Hall–Kier alpha value is -2.71. The minimum atomic E-state index is -0.731. The van der Waals surface area contributed by atoms with E-state index in [1.54, 1.807) is 30.3 Å². The molecule has 9 heteroatoms. The monoisotopic (exact) mass is 532 g/mol. The van der Waals surface area contributed by atoms with Crippen LogP contribution in [0.1, 0.15) is 36.5 Å². The SMILES string of the molecule is C[C@@H]1CC[C@H]2C(=O)N(c3cccc(C(=O)OCC(=O)Nc4ccc(Br)c(Cl)c4)c3)C(=O)[C@H]2C1. The molecule has 2 fully saturated rings. The van der Waals surface area contributed by atoms with Crippen LogP contribution in [0.2, 0.25) is 5.02 Å². The van der Waals surface area contributed by atoms with Gasteiger partial charge in [-0.15, -0.1) is 0 Å². The van der Waals surface area contributed by atoms with Gasteiger partial charge in [-0.05, 0) is 77.5 Å². The summed E-state index contributed by atoms with van der Waals surface area (Å²) in [5, 5.41) is 3.03. The van der Waals surface area contributed by atoms with E-state index in [2.05, 4.69) is 28.2 Å². The Bertz CT molecular complexity index is 1140. The van der Waals surface area contributed by atoms with E-state index in [-0.39, 0.29) is 29.2 Å².